The van der Waals surface area contributed by atoms with Crippen molar-refractivity contribution >= 4 is 29.2 Å². The Hall–Kier alpha value is -3.93. The Balaban J connectivity index is 2.06. The number of ether oxygens (including phenoxy) is 2. The molecule has 0 spiro atoms. The van der Waals surface area contributed by atoms with E-state index in [-0.39, 0.29) is 11.7 Å². The number of carbonyl (C=O) groups excluding carboxylic acids is 3. The summed E-state index contributed by atoms with van der Waals surface area (Å²) in [5.41, 5.74) is 1.44. The molecule has 6 heteroatoms. The van der Waals surface area contributed by atoms with E-state index in [4.69, 9.17) is 9.47 Å². The minimum atomic E-state index is -0.641. The highest BCUT2D eigenvalue weighted by molar-refractivity contribution is 6.07. The number of nitrogens with zero attached hydrogens (tertiary/aromatic N) is 1. The molecule has 0 aliphatic heterocycles. The summed E-state index contributed by atoms with van der Waals surface area (Å²) < 4.78 is 10.1. The van der Waals surface area contributed by atoms with Crippen molar-refractivity contribution in [2.75, 3.05) is 4.90 Å². The minimum Gasteiger partial charge on any atom is -0.455 e. The summed E-state index contributed by atoms with van der Waals surface area (Å²) in [4.78, 5) is 37.5. The number of hydrogen-bond acceptors (Lipinski definition) is 5. The van der Waals surface area contributed by atoms with Crippen LogP contribution in [0, 0.1) is 0 Å². The molecule has 2 aromatic carbocycles. The average molecular weight is 419 g/mol. The van der Waals surface area contributed by atoms with E-state index < -0.39 is 18.0 Å². The molecule has 0 unspecified atom stereocenters. The summed E-state index contributed by atoms with van der Waals surface area (Å²) in [6, 6.07) is 18.5. The number of para-hydroxylation sites is 2. The van der Waals surface area contributed by atoms with Crippen LogP contribution in [-0.2, 0) is 23.9 Å². The zero-order valence-electron chi connectivity index (χ0n) is 17.7. The Kier molecular flexibility index (Phi) is 8.98. The summed E-state index contributed by atoms with van der Waals surface area (Å²) in [5, 5.41) is 0. The summed E-state index contributed by atoms with van der Waals surface area (Å²) in [5.74, 6) is -1.15. The first kappa shape index (κ1) is 23.3. The molecule has 0 bridgehead atoms. The van der Waals surface area contributed by atoms with Crippen LogP contribution in [0.2, 0.25) is 0 Å². The molecule has 0 aliphatic rings. The van der Waals surface area contributed by atoms with Crippen molar-refractivity contribution in [3.05, 3.63) is 96.8 Å². The van der Waals surface area contributed by atoms with Gasteiger partial charge in [-0.3, -0.25) is 14.5 Å². The maximum atomic E-state index is 12.9. The molecule has 0 saturated heterocycles. The average Bonchev–Trinajstić information content (AvgIpc) is 2.76. The number of rotatable bonds is 8. The topological polar surface area (TPSA) is 72.9 Å². The lowest BCUT2D eigenvalue weighted by molar-refractivity contribution is -0.140. The summed E-state index contributed by atoms with van der Waals surface area (Å²) in [6.07, 6.45) is 6.29. The van der Waals surface area contributed by atoms with Gasteiger partial charge in [0.25, 0.3) is 5.91 Å². The van der Waals surface area contributed by atoms with Crippen molar-refractivity contribution in [1.29, 1.82) is 0 Å². The molecule has 2 aromatic rings. The Labute approximate surface area is 182 Å². The molecule has 1 amide bonds. The van der Waals surface area contributed by atoms with Gasteiger partial charge in [-0.05, 0) is 56.3 Å². The van der Waals surface area contributed by atoms with E-state index >= 15 is 0 Å². The van der Waals surface area contributed by atoms with E-state index in [9.17, 15) is 14.4 Å². The van der Waals surface area contributed by atoms with Gasteiger partial charge in [0.05, 0.1) is 0 Å². The molecule has 0 fully saturated rings. The van der Waals surface area contributed by atoms with Crippen LogP contribution in [0.25, 0.3) is 0 Å². The van der Waals surface area contributed by atoms with E-state index in [1.54, 1.807) is 24.8 Å². The first-order chi connectivity index (χ1) is 14.9. The van der Waals surface area contributed by atoms with Crippen LogP contribution in [0.1, 0.15) is 20.8 Å². The van der Waals surface area contributed by atoms with Gasteiger partial charge in [0, 0.05) is 30.5 Å². The lowest BCUT2D eigenvalue weighted by Gasteiger charge is -2.21. The van der Waals surface area contributed by atoms with E-state index in [2.05, 4.69) is 0 Å². The van der Waals surface area contributed by atoms with Crippen LogP contribution in [0.5, 0.6) is 0 Å². The van der Waals surface area contributed by atoms with Gasteiger partial charge >= 0.3 is 11.9 Å². The molecular formula is C25H25NO5. The second kappa shape index (κ2) is 11.9. The fraction of sp³-hybridized carbons (Fsp3) is 0.160. The fourth-order valence-corrected chi connectivity index (χ4v) is 2.62. The maximum absolute atomic E-state index is 12.9. The van der Waals surface area contributed by atoms with Crippen LogP contribution in [0.15, 0.2) is 96.8 Å². The van der Waals surface area contributed by atoms with E-state index in [0.29, 0.717) is 0 Å². The monoisotopic (exact) mass is 419 g/mol. The molecule has 0 saturated carbocycles. The van der Waals surface area contributed by atoms with Crippen LogP contribution in [0.4, 0.5) is 11.4 Å². The molecule has 0 radical (unpaired) electrons. The quantitative estimate of drug-likeness (QED) is 0.264. The Morgan fingerprint density at radius 1 is 0.871 bits per heavy atom. The van der Waals surface area contributed by atoms with Gasteiger partial charge in [0.15, 0.2) is 0 Å². The van der Waals surface area contributed by atoms with Crippen LogP contribution in [-0.4, -0.2) is 23.9 Å². The Morgan fingerprint density at radius 3 is 1.90 bits per heavy atom. The number of esters is 2. The first-order valence-electron chi connectivity index (χ1n) is 9.76. The van der Waals surface area contributed by atoms with Crippen molar-refractivity contribution in [3.8, 4) is 0 Å². The van der Waals surface area contributed by atoms with Gasteiger partial charge < -0.3 is 9.47 Å². The fourth-order valence-electron chi connectivity index (χ4n) is 2.62. The zero-order valence-corrected chi connectivity index (χ0v) is 17.7. The van der Waals surface area contributed by atoms with Gasteiger partial charge in [0.1, 0.15) is 11.9 Å². The van der Waals surface area contributed by atoms with Crippen molar-refractivity contribution in [3.63, 3.8) is 0 Å². The summed E-state index contributed by atoms with van der Waals surface area (Å²) in [6.45, 7) is 4.59. The largest absolute Gasteiger partial charge is 0.455 e. The van der Waals surface area contributed by atoms with E-state index in [1.165, 1.54) is 25.2 Å². The highest BCUT2D eigenvalue weighted by atomic mass is 16.5. The number of anilines is 2. The predicted molar refractivity (Wildman–Crippen MR) is 119 cm³/mol. The smallest absolute Gasteiger partial charge is 0.331 e. The number of carbonyl (C=O) groups is 3. The lowest BCUT2D eigenvalue weighted by Crippen LogP contribution is -2.24. The second-order valence-electron chi connectivity index (χ2n) is 6.46. The molecule has 2 rings (SSSR count). The van der Waals surface area contributed by atoms with E-state index in [1.807, 2.05) is 60.7 Å². The van der Waals surface area contributed by atoms with Crippen LogP contribution >= 0.6 is 0 Å². The maximum Gasteiger partial charge on any atom is 0.331 e. The highest BCUT2D eigenvalue weighted by Gasteiger charge is 2.15. The van der Waals surface area contributed by atoms with Gasteiger partial charge in [-0.25, -0.2) is 4.79 Å². The third-order valence-electron chi connectivity index (χ3n) is 3.99. The van der Waals surface area contributed by atoms with Crippen LogP contribution < -0.4 is 4.90 Å². The molecule has 0 aromatic heterocycles. The molecule has 0 heterocycles. The Bertz CT molecular complexity index is 938. The third kappa shape index (κ3) is 7.78. The van der Waals surface area contributed by atoms with Gasteiger partial charge in [0.2, 0.25) is 0 Å². The molecule has 1 atom stereocenters. The summed E-state index contributed by atoms with van der Waals surface area (Å²) in [7, 11) is 0. The molecule has 0 N–H and O–H groups in total. The minimum absolute atomic E-state index is 0.240. The lowest BCUT2D eigenvalue weighted by atomic mass is 10.2. The van der Waals surface area contributed by atoms with Crippen molar-refractivity contribution < 1.29 is 23.9 Å². The predicted octanol–water partition coefficient (Wildman–Crippen LogP) is 4.86. The molecular weight excluding hydrogens is 394 g/mol. The zero-order chi connectivity index (χ0) is 22.6. The number of benzene rings is 2. The first-order valence-corrected chi connectivity index (χ1v) is 9.76. The second-order valence-corrected chi connectivity index (χ2v) is 6.46. The van der Waals surface area contributed by atoms with E-state index in [0.717, 1.165) is 17.5 Å². The molecule has 160 valence electrons. The van der Waals surface area contributed by atoms with Gasteiger partial charge in [-0.1, -0.05) is 36.4 Å². The van der Waals surface area contributed by atoms with Crippen molar-refractivity contribution in [2.24, 2.45) is 0 Å². The van der Waals surface area contributed by atoms with Crippen molar-refractivity contribution in [2.45, 2.75) is 26.9 Å². The van der Waals surface area contributed by atoms with Crippen molar-refractivity contribution in [1.82, 2.24) is 0 Å². The van der Waals surface area contributed by atoms with Gasteiger partial charge in [-0.15, -0.1) is 0 Å². The van der Waals surface area contributed by atoms with Crippen LogP contribution in [0.3, 0.4) is 0 Å². The number of allylic oxidation sites excluding steroid dienone is 2. The highest BCUT2D eigenvalue weighted by Crippen LogP contribution is 2.25. The third-order valence-corrected chi connectivity index (χ3v) is 3.99. The number of amides is 1. The SMILES string of the molecule is CC=C(C=CC(=O)O[C@H](C)/C=C\C(=O)N(c1ccccc1)c1ccccc1)OC(C)=O. The normalized spacial score (nSPS) is 12.5. The number of hydrogen-bond donors (Lipinski definition) is 0. The van der Waals surface area contributed by atoms with Gasteiger partial charge in [-0.2, -0.15) is 0 Å². The molecule has 6 nitrogen and oxygen atoms in total. The standard InChI is InChI=1S/C25H25NO5/c1-4-23(31-20(3)27)16-18-25(29)30-19(2)15-17-24(28)26(21-11-7-5-8-12-21)22-13-9-6-10-14-22/h4-19H,1-3H3/b17-15-,18-16?,23-4?/t19-/m1/s1. The molecule has 31 heavy (non-hydrogen) atoms. The summed E-state index contributed by atoms with van der Waals surface area (Å²) >= 11 is 0. The molecule has 0 aliphatic carbocycles. The Morgan fingerprint density at radius 2 is 1.42 bits per heavy atom.